The molecule has 3 atom stereocenters. The number of carbonyl (C=O) groups is 2. The van der Waals surface area contributed by atoms with Crippen molar-refractivity contribution in [1.29, 1.82) is 0 Å². The number of hydrogen-bond donors (Lipinski definition) is 3. The maximum absolute atomic E-state index is 12.6. The number of phosphoric acid groups is 1. The number of aliphatic carboxylic acids is 1. The smallest absolute Gasteiger partial charge is 0.472 e. The van der Waals surface area contributed by atoms with Crippen molar-refractivity contribution in [2.75, 3.05) is 26.4 Å². The van der Waals surface area contributed by atoms with Crippen LogP contribution < -0.4 is 5.73 Å². The second-order valence-electron chi connectivity index (χ2n) is 14.8. The van der Waals surface area contributed by atoms with Gasteiger partial charge in [0.15, 0.2) is 0 Å². The van der Waals surface area contributed by atoms with Gasteiger partial charge in [-0.3, -0.25) is 18.6 Å². The predicted octanol–water partition coefficient (Wildman–Crippen LogP) is 12.3. The molecule has 0 rings (SSSR count). The minimum absolute atomic E-state index is 0.0200. The first-order valence-electron chi connectivity index (χ1n) is 22.2. The highest BCUT2D eigenvalue weighted by molar-refractivity contribution is 7.47. The lowest BCUT2D eigenvalue weighted by molar-refractivity contribution is -0.154. The molecule has 3 unspecified atom stereocenters. The van der Waals surface area contributed by atoms with Crippen molar-refractivity contribution in [1.82, 2.24) is 0 Å². The molecule has 0 fully saturated rings. The lowest BCUT2D eigenvalue weighted by atomic mass is 10.0. The van der Waals surface area contributed by atoms with E-state index in [0.29, 0.717) is 13.0 Å². The second kappa shape index (κ2) is 41.1. The van der Waals surface area contributed by atoms with Crippen LogP contribution in [0, 0.1) is 0 Å². The molecule has 0 bridgehead atoms. The third-order valence-corrected chi connectivity index (χ3v) is 10.3. The lowest BCUT2D eigenvalue weighted by Crippen LogP contribution is -2.34. The quantitative estimate of drug-likeness (QED) is 0.0235. The monoisotopic (exact) mass is 812 g/mol. The van der Waals surface area contributed by atoms with E-state index in [2.05, 4.69) is 62.5 Å². The Morgan fingerprint density at radius 1 is 0.589 bits per heavy atom. The van der Waals surface area contributed by atoms with Crippen molar-refractivity contribution in [2.24, 2.45) is 5.73 Å². The molecular formula is C45H82NO9P. The molecule has 4 N–H and O–H groups in total. The third kappa shape index (κ3) is 40.1. The number of unbranched alkanes of at least 4 members (excludes halogenated alkanes) is 20. The SMILES string of the molecule is CC/C=C\C/C=C\C/C=C\C/C=C\CCCOCC(COP(=O)(O)OCC(N)C(=O)O)OC(=O)CCCCCCCCCCCCCCCCCCCCCC. The number of ether oxygens (including phenoxy) is 2. The van der Waals surface area contributed by atoms with Gasteiger partial charge >= 0.3 is 19.8 Å². The molecule has 0 aliphatic carbocycles. The predicted molar refractivity (Wildman–Crippen MR) is 231 cm³/mol. The summed E-state index contributed by atoms with van der Waals surface area (Å²) in [5.41, 5.74) is 5.35. The number of hydrogen-bond acceptors (Lipinski definition) is 8. The van der Waals surface area contributed by atoms with Gasteiger partial charge in [0, 0.05) is 13.0 Å². The topological polar surface area (TPSA) is 155 Å². The van der Waals surface area contributed by atoms with Crippen LogP contribution in [0.3, 0.4) is 0 Å². The minimum Gasteiger partial charge on any atom is -0.480 e. The van der Waals surface area contributed by atoms with Crippen molar-refractivity contribution in [3.63, 3.8) is 0 Å². The van der Waals surface area contributed by atoms with Crippen LogP contribution in [0.25, 0.3) is 0 Å². The molecule has 10 nitrogen and oxygen atoms in total. The fourth-order valence-electron chi connectivity index (χ4n) is 5.96. The molecule has 0 aromatic heterocycles. The number of carboxylic acids is 1. The minimum atomic E-state index is -4.63. The Hall–Kier alpha value is -2.07. The Morgan fingerprint density at radius 2 is 1.02 bits per heavy atom. The number of phosphoric ester groups is 1. The van der Waals surface area contributed by atoms with Crippen LogP contribution in [-0.2, 0) is 32.7 Å². The molecular weight excluding hydrogens is 729 g/mol. The summed E-state index contributed by atoms with van der Waals surface area (Å²) < 4.78 is 33.3. The molecule has 0 spiro atoms. The molecule has 0 saturated heterocycles. The number of nitrogens with two attached hydrogens (primary N) is 1. The molecule has 0 saturated carbocycles. The first-order chi connectivity index (χ1) is 27.2. The van der Waals surface area contributed by atoms with E-state index >= 15 is 0 Å². The number of carboxylic acid groups (broad SMARTS) is 1. The van der Waals surface area contributed by atoms with E-state index in [1.807, 2.05) is 0 Å². The van der Waals surface area contributed by atoms with Crippen LogP contribution in [0.5, 0.6) is 0 Å². The van der Waals surface area contributed by atoms with Gasteiger partial charge in [0.05, 0.1) is 19.8 Å². The van der Waals surface area contributed by atoms with Gasteiger partial charge in [-0.1, -0.05) is 184 Å². The Balaban J connectivity index is 4.24. The van der Waals surface area contributed by atoms with Gasteiger partial charge in [0.2, 0.25) is 0 Å². The van der Waals surface area contributed by atoms with E-state index in [1.165, 1.54) is 103 Å². The van der Waals surface area contributed by atoms with Gasteiger partial charge in [-0.2, -0.15) is 0 Å². The molecule has 326 valence electrons. The summed E-state index contributed by atoms with van der Waals surface area (Å²) >= 11 is 0. The summed E-state index contributed by atoms with van der Waals surface area (Å²) in [5, 5.41) is 8.89. The van der Waals surface area contributed by atoms with Gasteiger partial charge in [-0.15, -0.1) is 0 Å². The Bertz CT molecular complexity index is 1080. The van der Waals surface area contributed by atoms with E-state index in [1.54, 1.807) is 0 Å². The molecule has 56 heavy (non-hydrogen) atoms. The second-order valence-corrected chi connectivity index (χ2v) is 16.3. The maximum Gasteiger partial charge on any atom is 0.472 e. The molecule has 0 aliphatic rings. The van der Waals surface area contributed by atoms with Crippen LogP contribution >= 0.6 is 7.82 Å². The average molecular weight is 812 g/mol. The Morgan fingerprint density at radius 3 is 1.48 bits per heavy atom. The van der Waals surface area contributed by atoms with Crippen LogP contribution in [0.2, 0.25) is 0 Å². The molecule has 0 amide bonds. The van der Waals surface area contributed by atoms with E-state index in [9.17, 15) is 19.0 Å². The first-order valence-corrected chi connectivity index (χ1v) is 23.7. The molecule has 0 heterocycles. The molecule has 0 aromatic carbocycles. The first kappa shape index (κ1) is 53.9. The van der Waals surface area contributed by atoms with E-state index in [-0.39, 0.29) is 13.0 Å². The Labute approximate surface area is 341 Å². The van der Waals surface area contributed by atoms with Crippen molar-refractivity contribution in [3.05, 3.63) is 48.6 Å². The van der Waals surface area contributed by atoms with Crippen LogP contribution in [0.15, 0.2) is 48.6 Å². The van der Waals surface area contributed by atoms with Crippen LogP contribution in [-0.4, -0.2) is 60.5 Å². The molecule has 0 radical (unpaired) electrons. The molecule has 0 aliphatic heterocycles. The van der Waals surface area contributed by atoms with Crippen molar-refractivity contribution in [3.8, 4) is 0 Å². The summed E-state index contributed by atoms with van der Waals surface area (Å²) in [6.07, 6.45) is 47.6. The fourth-order valence-corrected chi connectivity index (χ4v) is 6.74. The lowest BCUT2D eigenvalue weighted by Gasteiger charge is -2.20. The fraction of sp³-hybridized carbons (Fsp3) is 0.778. The van der Waals surface area contributed by atoms with Gasteiger partial charge in [0.25, 0.3) is 0 Å². The number of allylic oxidation sites excluding steroid dienone is 8. The van der Waals surface area contributed by atoms with E-state index < -0.39 is 45.1 Å². The number of rotatable bonds is 42. The van der Waals surface area contributed by atoms with Gasteiger partial charge < -0.3 is 25.2 Å². The van der Waals surface area contributed by atoms with E-state index in [4.69, 9.17) is 29.4 Å². The average Bonchev–Trinajstić information content (AvgIpc) is 3.18. The summed E-state index contributed by atoms with van der Waals surface area (Å²) in [6, 6.07) is -1.48. The highest BCUT2D eigenvalue weighted by Gasteiger charge is 2.27. The highest BCUT2D eigenvalue weighted by Crippen LogP contribution is 2.43. The van der Waals surface area contributed by atoms with Gasteiger partial charge in [-0.25, -0.2) is 4.57 Å². The highest BCUT2D eigenvalue weighted by atomic mass is 31.2. The largest absolute Gasteiger partial charge is 0.480 e. The zero-order chi connectivity index (χ0) is 41.2. The van der Waals surface area contributed by atoms with Crippen LogP contribution in [0.4, 0.5) is 0 Å². The zero-order valence-corrected chi connectivity index (χ0v) is 36.4. The Kier molecular flexibility index (Phi) is 39.6. The standard InChI is InChI=1S/C45H82NO9P/c1-3-5-7-9-11-13-15-17-19-20-21-22-23-24-25-27-29-31-33-35-37-44(47)55-42(40-53-56(50,51)54-41-43(46)45(48)49)39-52-38-36-34-32-30-28-26-18-16-14-12-10-8-6-4-2/h6,8,12,14,18,26,30,32,42-43H,3-5,7,9-11,13,15-17,19-25,27-29,31,33-41,46H2,1-2H3,(H,48,49)(H,50,51)/b8-6-,14-12-,26-18-,32-30-. The molecule has 0 aromatic rings. The summed E-state index contributed by atoms with van der Waals surface area (Å²) in [7, 11) is -4.63. The van der Waals surface area contributed by atoms with Gasteiger partial charge in [0.1, 0.15) is 12.1 Å². The number of esters is 1. The van der Waals surface area contributed by atoms with Crippen molar-refractivity contribution < 1.29 is 42.7 Å². The van der Waals surface area contributed by atoms with Gasteiger partial charge in [-0.05, 0) is 44.9 Å². The zero-order valence-electron chi connectivity index (χ0n) is 35.5. The normalized spacial score (nSPS) is 14.4. The summed E-state index contributed by atoms with van der Waals surface area (Å²) in [5.74, 6) is -1.80. The van der Waals surface area contributed by atoms with E-state index in [0.717, 1.165) is 57.8 Å². The number of carbonyl (C=O) groups excluding carboxylic acids is 1. The van der Waals surface area contributed by atoms with Crippen molar-refractivity contribution in [2.45, 2.75) is 199 Å². The summed E-state index contributed by atoms with van der Waals surface area (Å²) in [4.78, 5) is 33.5. The van der Waals surface area contributed by atoms with Crippen molar-refractivity contribution >= 4 is 19.8 Å². The third-order valence-electron chi connectivity index (χ3n) is 9.37. The van der Waals surface area contributed by atoms with Crippen LogP contribution in [0.1, 0.15) is 187 Å². The molecule has 11 heteroatoms. The summed E-state index contributed by atoms with van der Waals surface area (Å²) in [6.45, 7) is 3.63. The maximum atomic E-state index is 12.6.